The van der Waals surface area contributed by atoms with Crippen LogP contribution in [0, 0.1) is 0 Å². The molecule has 0 aliphatic carbocycles. The van der Waals surface area contributed by atoms with Crippen molar-refractivity contribution in [1.29, 1.82) is 0 Å². The molecule has 0 spiro atoms. The summed E-state index contributed by atoms with van der Waals surface area (Å²) < 4.78 is 6.22. The number of ether oxygens (including phenoxy) is 1. The number of hydrogen-bond acceptors (Lipinski definition) is 5. The third-order valence-corrected chi connectivity index (χ3v) is 5.59. The van der Waals surface area contributed by atoms with Crippen LogP contribution in [0.2, 0.25) is 5.15 Å². The first-order chi connectivity index (χ1) is 13.5. The molecule has 3 rings (SSSR count). The lowest BCUT2D eigenvalue weighted by Crippen LogP contribution is -2.19. The van der Waals surface area contributed by atoms with E-state index in [4.69, 9.17) is 16.3 Å². The SMILES string of the molecule is COc1ccc2cc(C=NNC(=O)CSCc3cccc(Br)c3)c(Cl)nc2c1. The number of thioether (sulfide) groups is 1. The maximum absolute atomic E-state index is 11.9. The normalized spacial score (nSPS) is 11.1. The predicted octanol–water partition coefficient (Wildman–Crippen LogP) is 5.04. The van der Waals surface area contributed by atoms with Gasteiger partial charge in [0.15, 0.2) is 0 Å². The first kappa shape index (κ1) is 20.6. The predicted molar refractivity (Wildman–Crippen MR) is 119 cm³/mol. The minimum Gasteiger partial charge on any atom is -0.497 e. The average Bonchev–Trinajstić information content (AvgIpc) is 2.68. The molecule has 8 heteroatoms. The highest BCUT2D eigenvalue weighted by Crippen LogP contribution is 2.23. The van der Waals surface area contributed by atoms with Crippen molar-refractivity contribution in [2.45, 2.75) is 5.75 Å². The Balaban J connectivity index is 1.54. The number of nitrogens with one attached hydrogen (secondary N) is 1. The Morgan fingerprint density at radius 2 is 2.18 bits per heavy atom. The number of benzene rings is 2. The fourth-order valence-corrected chi connectivity index (χ4v) is 3.86. The van der Waals surface area contributed by atoms with Gasteiger partial charge in [-0.05, 0) is 35.9 Å². The van der Waals surface area contributed by atoms with E-state index in [1.54, 1.807) is 7.11 Å². The number of carbonyl (C=O) groups excluding carboxylic acids is 1. The zero-order valence-electron chi connectivity index (χ0n) is 15.0. The summed E-state index contributed by atoms with van der Waals surface area (Å²) in [7, 11) is 1.60. The Hall–Kier alpha value is -2.09. The third-order valence-electron chi connectivity index (χ3n) is 3.79. The van der Waals surface area contributed by atoms with Crippen molar-refractivity contribution < 1.29 is 9.53 Å². The highest BCUT2D eigenvalue weighted by Gasteiger charge is 2.05. The molecule has 144 valence electrons. The van der Waals surface area contributed by atoms with Gasteiger partial charge < -0.3 is 4.74 Å². The van der Waals surface area contributed by atoms with Gasteiger partial charge in [0.25, 0.3) is 0 Å². The van der Waals surface area contributed by atoms with Gasteiger partial charge in [-0.25, -0.2) is 10.4 Å². The fraction of sp³-hybridized carbons (Fsp3) is 0.150. The van der Waals surface area contributed by atoms with Crippen LogP contribution in [0.5, 0.6) is 5.75 Å². The van der Waals surface area contributed by atoms with E-state index in [2.05, 4.69) is 31.4 Å². The molecule has 2 aromatic carbocycles. The lowest BCUT2D eigenvalue weighted by Gasteiger charge is -2.05. The van der Waals surface area contributed by atoms with Gasteiger partial charge in [-0.1, -0.05) is 39.7 Å². The number of nitrogens with zero attached hydrogens (tertiary/aromatic N) is 2. The molecular weight excluding hydrogens is 462 g/mol. The monoisotopic (exact) mass is 477 g/mol. The van der Waals surface area contributed by atoms with Crippen molar-refractivity contribution in [3.63, 3.8) is 0 Å². The molecule has 1 aromatic heterocycles. The second-order valence-corrected chi connectivity index (χ2v) is 8.10. The van der Waals surface area contributed by atoms with E-state index in [0.717, 1.165) is 26.7 Å². The molecular formula is C20H17BrClN3O2S. The number of pyridine rings is 1. The lowest BCUT2D eigenvalue weighted by atomic mass is 10.1. The average molecular weight is 479 g/mol. The highest BCUT2D eigenvalue weighted by molar-refractivity contribution is 9.10. The number of aromatic nitrogens is 1. The van der Waals surface area contributed by atoms with Crippen LogP contribution >= 0.6 is 39.3 Å². The number of rotatable bonds is 7. The van der Waals surface area contributed by atoms with Crippen molar-refractivity contribution in [1.82, 2.24) is 10.4 Å². The summed E-state index contributed by atoms with van der Waals surface area (Å²) in [5.74, 6) is 1.60. The Bertz CT molecular complexity index is 1030. The van der Waals surface area contributed by atoms with Gasteiger partial charge in [-0.2, -0.15) is 5.10 Å². The lowest BCUT2D eigenvalue weighted by molar-refractivity contribution is -0.118. The molecule has 0 aliphatic rings. The molecule has 0 bridgehead atoms. The summed E-state index contributed by atoms with van der Waals surface area (Å²) in [4.78, 5) is 16.3. The van der Waals surface area contributed by atoms with Crippen LogP contribution in [0.1, 0.15) is 11.1 Å². The molecule has 0 saturated heterocycles. The second-order valence-electron chi connectivity index (χ2n) is 5.84. The topological polar surface area (TPSA) is 63.6 Å². The van der Waals surface area contributed by atoms with Gasteiger partial charge >= 0.3 is 0 Å². The van der Waals surface area contributed by atoms with Crippen molar-refractivity contribution in [3.8, 4) is 5.75 Å². The minimum atomic E-state index is -0.175. The zero-order valence-corrected chi connectivity index (χ0v) is 18.1. The number of methoxy groups -OCH3 is 1. The third kappa shape index (κ3) is 5.70. The molecule has 0 saturated carbocycles. The molecule has 0 aliphatic heterocycles. The van der Waals surface area contributed by atoms with Crippen LogP contribution in [0.25, 0.3) is 10.9 Å². The first-order valence-electron chi connectivity index (χ1n) is 8.33. The molecule has 1 amide bonds. The maximum atomic E-state index is 11.9. The number of hydrogen-bond donors (Lipinski definition) is 1. The highest BCUT2D eigenvalue weighted by atomic mass is 79.9. The molecule has 28 heavy (non-hydrogen) atoms. The maximum Gasteiger partial charge on any atom is 0.250 e. The van der Waals surface area contributed by atoms with Crippen LogP contribution in [0.3, 0.4) is 0 Å². The summed E-state index contributed by atoms with van der Waals surface area (Å²) >= 11 is 11.2. The van der Waals surface area contributed by atoms with Crippen molar-refractivity contribution >= 4 is 62.3 Å². The van der Waals surface area contributed by atoms with Crippen LogP contribution in [-0.4, -0.2) is 30.0 Å². The Morgan fingerprint density at radius 1 is 1.32 bits per heavy atom. The van der Waals surface area contributed by atoms with Crippen molar-refractivity contribution in [3.05, 3.63) is 69.3 Å². The van der Waals surface area contributed by atoms with Crippen molar-refractivity contribution in [2.75, 3.05) is 12.9 Å². The Kier molecular flexibility index (Phi) is 7.30. The number of carbonyl (C=O) groups is 1. The summed E-state index contributed by atoms with van der Waals surface area (Å²) in [5, 5.41) is 5.20. The summed E-state index contributed by atoms with van der Waals surface area (Å²) in [6.07, 6.45) is 1.50. The molecule has 3 aromatic rings. The van der Waals surface area contributed by atoms with Gasteiger partial charge in [-0.15, -0.1) is 11.8 Å². The standard InChI is InChI=1S/C20H17BrClN3O2S/c1-27-17-6-5-14-8-15(20(22)24-18(14)9-17)10-23-25-19(26)12-28-11-13-3-2-4-16(21)7-13/h2-10H,11-12H2,1H3,(H,25,26). The summed E-state index contributed by atoms with van der Waals surface area (Å²) in [5.41, 5.74) is 5.03. The first-order valence-corrected chi connectivity index (χ1v) is 10.7. The van der Waals surface area contributed by atoms with E-state index in [9.17, 15) is 4.79 Å². The van der Waals surface area contributed by atoms with E-state index in [0.29, 0.717) is 22.2 Å². The molecule has 0 fully saturated rings. The van der Waals surface area contributed by atoms with Gasteiger partial charge in [0.1, 0.15) is 10.9 Å². The van der Waals surface area contributed by atoms with Gasteiger partial charge in [0.2, 0.25) is 5.91 Å². The van der Waals surface area contributed by atoms with E-state index in [1.807, 2.05) is 48.5 Å². The van der Waals surface area contributed by atoms with E-state index in [1.165, 1.54) is 18.0 Å². The number of fused-ring (bicyclic) bond motifs is 1. The summed E-state index contributed by atoms with van der Waals surface area (Å²) in [6, 6.07) is 15.4. The smallest absolute Gasteiger partial charge is 0.250 e. The Morgan fingerprint density at radius 3 is 2.96 bits per heavy atom. The molecule has 1 N–H and O–H groups in total. The quantitative estimate of drug-likeness (QED) is 0.293. The summed E-state index contributed by atoms with van der Waals surface area (Å²) in [6.45, 7) is 0. The van der Waals surface area contributed by atoms with Crippen LogP contribution < -0.4 is 10.2 Å². The molecule has 0 atom stereocenters. The van der Waals surface area contributed by atoms with Crippen LogP contribution in [-0.2, 0) is 10.5 Å². The number of hydrazone groups is 1. The van der Waals surface area contributed by atoms with E-state index >= 15 is 0 Å². The molecule has 1 heterocycles. The number of halogens is 2. The zero-order chi connectivity index (χ0) is 19.9. The van der Waals surface area contributed by atoms with Crippen LogP contribution in [0.15, 0.2) is 58.1 Å². The fourth-order valence-electron chi connectivity index (χ4n) is 2.45. The molecule has 5 nitrogen and oxygen atoms in total. The second kappa shape index (κ2) is 9.91. The van der Waals surface area contributed by atoms with E-state index in [-0.39, 0.29) is 5.91 Å². The van der Waals surface area contributed by atoms with Gasteiger partial charge in [0.05, 0.1) is 24.6 Å². The molecule has 0 radical (unpaired) electrons. The van der Waals surface area contributed by atoms with Crippen molar-refractivity contribution in [2.24, 2.45) is 5.10 Å². The Labute approximate surface area is 180 Å². The van der Waals surface area contributed by atoms with Gasteiger partial charge in [0, 0.05) is 27.2 Å². The van der Waals surface area contributed by atoms with E-state index < -0.39 is 0 Å². The van der Waals surface area contributed by atoms with Crippen LogP contribution in [0.4, 0.5) is 0 Å². The minimum absolute atomic E-state index is 0.175. The number of amides is 1. The van der Waals surface area contributed by atoms with Gasteiger partial charge in [-0.3, -0.25) is 4.79 Å². The largest absolute Gasteiger partial charge is 0.497 e. The molecule has 0 unspecified atom stereocenters.